The molecule has 1 unspecified atom stereocenters. The van der Waals surface area contributed by atoms with Crippen molar-refractivity contribution >= 4 is 40.8 Å². The third-order valence-electron chi connectivity index (χ3n) is 5.84. The number of halogens is 1. The first kappa shape index (κ1) is 24.0. The van der Waals surface area contributed by atoms with Crippen molar-refractivity contribution in [1.29, 1.82) is 0 Å². The Morgan fingerprint density at radius 2 is 1.90 bits per heavy atom. The van der Waals surface area contributed by atoms with E-state index in [0.29, 0.717) is 12.0 Å². The second kappa shape index (κ2) is 12.4. The van der Waals surface area contributed by atoms with E-state index >= 15 is 0 Å². The molecule has 1 fully saturated rings. The average molecular weight is 513 g/mol. The lowest BCUT2D eigenvalue weighted by Crippen LogP contribution is -2.53. The van der Waals surface area contributed by atoms with E-state index in [4.69, 9.17) is 4.74 Å². The van der Waals surface area contributed by atoms with Crippen LogP contribution in [0.4, 0.5) is 0 Å². The number of guanidine groups is 1. The summed E-state index contributed by atoms with van der Waals surface area (Å²) in [6, 6.07) is 11.1. The van der Waals surface area contributed by atoms with E-state index in [1.54, 1.807) is 0 Å². The Kier molecular flexibility index (Phi) is 10.2. The average Bonchev–Trinajstić information content (AvgIpc) is 3.16. The number of nitrogens with one attached hydrogen (secondary N) is 3. The van der Waals surface area contributed by atoms with Crippen LogP contribution in [0.25, 0.3) is 10.9 Å². The molecule has 0 aliphatic carbocycles. The second-order valence-electron chi connectivity index (χ2n) is 7.48. The molecule has 3 N–H and O–H groups in total. The minimum absolute atomic E-state index is 0. The highest BCUT2D eigenvalue weighted by Gasteiger charge is 2.27. The molecule has 0 bridgehead atoms. The molecule has 1 aliphatic heterocycles. The number of rotatable bonds is 8. The van der Waals surface area contributed by atoms with Gasteiger partial charge in [0.2, 0.25) is 0 Å². The number of para-hydroxylation sites is 1. The lowest BCUT2D eigenvalue weighted by atomic mass is 9.92. The fraction of sp³-hybridized carbons (Fsp3) is 0.591. The molecule has 1 aromatic heterocycles. The number of aromatic amines is 1. The number of H-pyrrole nitrogens is 1. The minimum Gasteiger partial charge on any atom is -0.379 e. The lowest BCUT2D eigenvalue weighted by Gasteiger charge is -2.39. The first-order valence-electron chi connectivity index (χ1n) is 10.6. The van der Waals surface area contributed by atoms with Crippen LogP contribution in [-0.4, -0.2) is 61.8 Å². The highest BCUT2D eigenvalue weighted by atomic mass is 127. The van der Waals surface area contributed by atoms with Crippen LogP contribution in [0.2, 0.25) is 0 Å². The molecule has 29 heavy (non-hydrogen) atoms. The zero-order valence-corrected chi connectivity index (χ0v) is 20.2. The molecule has 1 atom stereocenters. The smallest absolute Gasteiger partial charge is 0.191 e. The molecule has 0 amide bonds. The SMILES string of the molecule is CCC(CC)C(CNC(=NC)NCc1cc2ccccc2[nH]1)N1CCOCC1.I. The molecule has 1 saturated heterocycles. The van der Waals surface area contributed by atoms with E-state index in [9.17, 15) is 0 Å². The van der Waals surface area contributed by atoms with Crippen molar-refractivity contribution in [3.63, 3.8) is 0 Å². The molecule has 162 valence electrons. The molecule has 2 heterocycles. The molecule has 1 aliphatic rings. The summed E-state index contributed by atoms with van der Waals surface area (Å²) in [5, 5.41) is 8.25. The third kappa shape index (κ3) is 6.58. The van der Waals surface area contributed by atoms with Gasteiger partial charge in [-0.05, 0) is 23.4 Å². The molecule has 2 aromatic rings. The normalized spacial score (nSPS) is 16.6. The number of benzene rings is 1. The van der Waals surface area contributed by atoms with E-state index in [-0.39, 0.29) is 24.0 Å². The van der Waals surface area contributed by atoms with Crippen molar-refractivity contribution in [2.24, 2.45) is 10.9 Å². The predicted molar refractivity (Wildman–Crippen MR) is 132 cm³/mol. The molecule has 3 rings (SSSR count). The van der Waals surface area contributed by atoms with Crippen molar-refractivity contribution < 1.29 is 4.74 Å². The Morgan fingerprint density at radius 3 is 2.55 bits per heavy atom. The molecule has 0 radical (unpaired) electrons. The van der Waals surface area contributed by atoms with Gasteiger partial charge in [-0.1, -0.05) is 44.9 Å². The van der Waals surface area contributed by atoms with Crippen molar-refractivity contribution in [3.05, 3.63) is 36.0 Å². The summed E-state index contributed by atoms with van der Waals surface area (Å²) in [6.45, 7) is 9.93. The minimum atomic E-state index is 0. The Labute approximate surface area is 191 Å². The Morgan fingerprint density at radius 1 is 1.17 bits per heavy atom. The summed E-state index contributed by atoms with van der Waals surface area (Å²) in [4.78, 5) is 10.5. The second-order valence-corrected chi connectivity index (χ2v) is 7.48. The summed E-state index contributed by atoms with van der Waals surface area (Å²) in [5.74, 6) is 1.53. The Bertz CT molecular complexity index is 719. The zero-order valence-electron chi connectivity index (χ0n) is 17.9. The first-order valence-corrected chi connectivity index (χ1v) is 10.6. The van der Waals surface area contributed by atoms with Crippen LogP contribution in [0.3, 0.4) is 0 Å². The zero-order chi connectivity index (χ0) is 19.8. The highest BCUT2D eigenvalue weighted by molar-refractivity contribution is 14.0. The number of aromatic nitrogens is 1. The largest absolute Gasteiger partial charge is 0.379 e. The van der Waals surface area contributed by atoms with Crippen LogP contribution in [0.1, 0.15) is 32.4 Å². The van der Waals surface area contributed by atoms with Gasteiger partial charge in [0.05, 0.1) is 19.8 Å². The van der Waals surface area contributed by atoms with Gasteiger partial charge in [-0.25, -0.2) is 0 Å². The van der Waals surface area contributed by atoms with Crippen LogP contribution in [0.15, 0.2) is 35.3 Å². The van der Waals surface area contributed by atoms with Crippen LogP contribution in [0.5, 0.6) is 0 Å². The maximum atomic E-state index is 5.55. The molecular formula is C22H36IN5O. The highest BCUT2D eigenvalue weighted by Crippen LogP contribution is 2.19. The standard InChI is InChI=1S/C22H35N5O.HI/c1-4-17(5-2)21(27-10-12-28-13-11-27)16-25-22(23-3)24-15-19-14-18-8-6-7-9-20(18)26-19;/h6-9,14,17,21,26H,4-5,10-13,15-16H2,1-3H3,(H2,23,24,25);1H. The number of morpholine rings is 1. The number of ether oxygens (including phenoxy) is 1. The summed E-state index contributed by atoms with van der Waals surface area (Å²) in [6.07, 6.45) is 2.39. The van der Waals surface area contributed by atoms with Gasteiger partial charge in [-0.3, -0.25) is 9.89 Å². The maximum Gasteiger partial charge on any atom is 0.191 e. The number of fused-ring (bicyclic) bond motifs is 1. The van der Waals surface area contributed by atoms with Crippen molar-refractivity contribution in [1.82, 2.24) is 20.5 Å². The van der Waals surface area contributed by atoms with E-state index in [2.05, 4.69) is 69.7 Å². The van der Waals surface area contributed by atoms with Gasteiger partial charge in [0, 0.05) is 43.9 Å². The van der Waals surface area contributed by atoms with Gasteiger partial charge in [0.15, 0.2) is 5.96 Å². The molecular weight excluding hydrogens is 477 g/mol. The third-order valence-corrected chi connectivity index (χ3v) is 5.84. The van der Waals surface area contributed by atoms with Gasteiger partial charge in [-0.2, -0.15) is 0 Å². The van der Waals surface area contributed by atoms with Gasteiger partial charge in [0.25, 0.3) is 0 Å². The van der Waals surface area contributed by atoms with Gasteiger partial charge in [0.1, 0.15) is 0 Å². The van der Waals surface area contributed by atoms with Gasteiger partial charge in [-0.15, -0.1) is 24.0 Å². The summed E-state index contributed by atoms with van der Waals surface area (Å²) < 4.78 is 5.55. The van der Waals surface area contributed by atoms with Crippen LogP contribution in [0, 0.1) is 5.92 Å². The van der Waals surface area contributed by atoms with E-state index in [1.807, 2.05) is 7.05 Å². The number of aliphatic imine (C=N–C) groups is 1. The summed E-state index contributed by atoms with van der Waals surface area (Å²) in [7, 11) is 1.83. The number of nitrogens with zero attached hydrogens (tertiary/aromatic N) is 2. The fourth-order valence-electron chi connectivity index (χ4n) is 4.17. The fourth-order valence-corrected chi connectivity index (χ4v) is 4.17. The molecule has 6 nitrogen and oxygen atoms in total. The Balaban J connectivity index is 0.00000300. The predicted octanol–water partition coefficient (Wildman–Crippen LogP) is 3.59. The van der Waals surface area contributed by atoms with Crippen molar-refractivity contribution in [3.8, 4) is 0 Å². The van der Waals surface area contributed by atoms with Crippen LogP contribution < -0.4 is 10.6 Å². The topological polar surface area (TPSA) is 64.7 Å². The number of hydrogen-bond donors (Lipinski definition) is 3. The number of hydrogen-bond acceptors (Lipinski definition) is 3. The van der Waals surface area contributed by atoms with Crippen molar-refractivity contribution in [2.45, 2.75) is 39.3 Å². The van der Waals surface area contributed by atoms with E-state index in [1.165, 1.54) is 23.7 Å². The first-order chi connectivity index (χ1) is 13.7. The van der Waals surface area contributed by atoms with Gasteiger partial charge < -0.3 is 20.4 Å². The monoisotopic (exact) mass is 513 g/mol. The molecule has 1 aromatic carbocycles. The van der Waals surface area contributed by atoms with Crippen molar-refractivity contribution in [2.75, 3.05) is 39.9 Å². The van der Waals surface area contributed by atoms with Gasteiger partial charge >= 0.3 is 0 Å². The summed E-state index contributed by atoms with van der Waals surface area (Å²) in [5.41, 5.74) is 2.33. The Hall–Kier alpha value is -1.32. The maximum absolute atomic E-state index is 5.55. The van der Waals surface area contributed by atoms with E-state index in [0.717, 1.165) is 51.0 Å². The van der Waals surface area contributed by atoms with Crippen LogP contribution in [-0.2, 0) is 11.3 Å². The molecule has 7 heteroatoms. The van der Waals surface area contributed by atoms with E-state index < -0.39 is 0 Å². The van der Waals surface area contributed by atoms with Crippen LogP contribution >= 0.6 is 24.0 Å². The molecule has 0 saturated carbocycles. The molecule has 0 spiro atoms. The quantitative estimate of drug-likeness (QED) is 0.287. The lowest BCUT2D eigenvalue weighted by molar-refractivity contribution is 0.00272. The summed E-state index contributed by atoms with van der Waals surface area (Å²) >= 11 is 0.